The third-order valence-corrected chi connectivity index (χ3v) is 4.64. The summed E-state index contributed by atoms with van der Waals surface area (Å²) in [6, 6.07) is 3.88. The van der Waals surface area contributed by atoms with Crippen LogP contribution in [0.3, 0.4) is 0 Å². The van der Waals surface area contributed by atoms with Gasteiger partial charge in [0.2, 0.25) is 5.91 Å². The first-order valence-electron chi connectivity index (χ1n) is 7.43. The van der Waals surface area contributed by atoms with E-state index in [1.807, 2.05) is 49.3 Å². The highest BCUT2D eigenvalue weighted by Gasteiger charge is 2.13. The Hall–Kier alpha value is -2.41. The zero-order valence-corrected chi connectivity index (χ0v) is 14.2. The van der Waals surface area contributed by atoms with Crippen LogP contribution >= 0.6 is 11.3 Å². The summed E-state index contributed by atoms with van der Waals surface area (Å²) in [5, 5.41) is 9.79. The van der Waals surface area contributed by atoms with Gasteiger partial charge in [-0.2, -0.15) is 5.10 Å². The molecule has 23 heavy (non-hydrogen) atoms. The van der Waals surface area contributed by atoms with Gasteiger partial charge in [-0.1, -0.05) is 0 Å². The lowest BCUT2D eigenvalue weighted by Gasteiger charge is -2.03. The number of thiazole rings is 1. The van der Waals surface area contributed by atoms with Crippen molar-refractivity contribution < 1.29 is 4.79 Å². The monoisotopic (exact) mass is 329 g/mol. The lowest BCUT2D eigenvalue weighted by molar-refractivity contribution is -0.116. The Bertz CT molecular complexity index is 816. The molecule has 0 radical (unpaired) electrons. The van der Waals surface area contributed by atoms with Crippen LogP contribution in [-0.4, -0.2) is 25.7 Å². The summed E-state index contributed by atoms with van der Waals surface area (Å²) in [6.07, 6.45) is 2.96. The lowest BCUT2D eigenvalue weighted by atomic mass is 10.1. The molecule has 0 aliphatic carbocycles. The molecule has 0 aromatic carbocycles. The summed E-state index contributed by atoms with van der Waals surface area (Å²) < 4.78 is 1.85. The molecule has 0 aliphatic heterocycles. The second-order valence-electron chi connectivity index (χ2n) is 5.44. The van der Waals surface area contributed by atoms with Crippen LogP contribution in [0.25, 0.3) is 11.4 Å². The molecule has 3 aromatic heterocycles. The van der Waals surface area contributed by atoms with E-state index < -0.39 is 0 Å². The van der Waals surface area contributed by atoms with E-state index in [4.69, 9.17) is 0 Å². The molecule has 0 spiro atoms. The van der Waals surface area contributed by atoms with Crippen molar-refractivity contribution in [2.24, 2.45) is 7.05 Å². The number of amides is 1. The zero-order valence-electron chi connectivity index (χ0n) is 13.4. The fourth-order valence-corrected chi connectivity index (χ4v) is 3.27. The molecule has 3 aromatic rings. The topological polar surface area (TPSA) is 75.6 Å². The van der Waals surface area contributed by atoms with E-state index in [1.165, 1.54) is 11.3 Å². The average molecular weight is 329 g/mol. The molecule has 3 rings (SSSR count). The molecule has 120 valence electrons. The van der Waals surface area contributed by atoms with E-state index in [0.29, 0.717) is 18.0 Å². The number of aryl methyl sites for hydroxylation is 2. The normalized spacial score (nSPS) is 10.9. The van der Waals surface area contributed by atoms with Crippen LogP contribution in [0, 0.1) is 13.8 Å². The van der Waals surface area contributed by atoms with E-state index in [2.05, 4.69) is 20.4 Å². The van der Waals surface area contributed by atoms with Crippen LogP contribution in [0.5, 0.6) is 0 Å². The van der Waals surface area contributed by atoms with Crippen molar-refractivity contribution in [1.82, 2.24) is 19.7 Å². The summed E-state index contributed by atoms with van der Waals surface area (Å²) in [5.74, 6) is -0.0277. The van der Waals surface area contributed by atoms with Gasteiger partial charge < -0.3 is 10.3 Å². The van der Waals surface area contributed by atoms with Crippen LogP contribution in [0.2, 0.25) is 0 Å². The van der Waals surface area contributed by atoms with E-state index in [9.17, 15) is 4.79 Å². The van der Waals surface area contributed by atoms with Gasteiger partial charge in [-0.3, -0.25) is 9.48 Å². The van der Waals surface area contributed by atoms with Gasteiger partial charge in [0.1, 0.15) is 0 Å². The molecule has 0 saturated heterocycles. The molecular formula is C16H19N5OS. The standard InChI is InChI=1S/C16H19N5OS/c1-10-12(11(2)21(3)20-10)6-7-15(22)19-16-18-14(9-23-16)13-5-4-8-17-13/h4-5,8-9,17H,6-7H2,1-3H3,(H,18,19,22). The van der Waals surface area contributed by atoms with E-state index in [0.717, 1.165) is 28.3 Å². The van der Waals surface area contributed by atoms with Crippen molar-refractivity contribution in [2.75, 3.05) is 5.32 Å². The maximum Gasteiger partial charge on any atom is 0.226 e. The maximum absolute atomic E-state index is 12.1. The Balaban J connectivity index is 1.59. The summed E-state index contributed by atoms with van der Waals surface area (Å²) in [7, 11) is 1.92. The number of aromatic amines is 1. The number of carbonyl (C=O) groups is 1. The Labute approximate surface area is 138 Å². The van der Waals surface area contributed by atoms with Gasteiger partial charge in [0.05, 0.1) is 17.1 Å². The predicted molar refractivity (Wildman–Crippen MR) is 91.5 cm³/mol. The number of H-pyrrole nitrogens is 1. The van der Waals surface area contributed by atoms with E-state index in [1.54, 1.807) is 0 Å². The van der Waals surface area contributed by atoms with Crippen molar-refractivity contribution in [2.45, 2.75) is 26.7 Å². The minimum Gasteiger partial charge on any atom is -0.360 e. The third kappa shape index (κ3) is 3.34. The van der Waals surface area contributed by atoms with E-state index in [-0.39, 0.29) is 5.91 Å². The molecule has 0 bridgehead atoms. The van der Waals surface area contributed by atoms with Crippen LogP contribution in [-0.2, 0) is 18.3 Å². The van der Waals surface area contributed by atoms with Crippen molar-refractivity contribution in [3.8, 4) is 11.4 Å². The molecule has 0 saturated carbocycles. The van der Waals surface area contributed by atoms with Gasteiger partial charge in [-0.25, -0.2) is 4.98 Å². The van der Waals surface area contributed by atoms with Crippen molar-refractivity contribution in [3.05, 3.63) is 40.7 Å². The molecular weight excluding hydrogens is 310 g/mol. The SMILES string of the molecule is Cc1nn(C)c(C)c1CCC(=O)Nc1nc(-c2ccc[nH]2)cs1. The molecule has 3 heterocycles. The highest BCUT2D eigenvalue weighted by atomic mass is 32.1. The minimum absolute atomic E-state index is 0.0277. The first kappa shape index (κ1) is 15.5. The number of aromatic nitrogens is 4. The number of hydrogen-bond donors (Lipinski definition) is 2. The van der Waals surface area contributed by atoms with Gasteiger partial charge in [0, 0.05) is 30.7 Å². The fourth-order valence-electron chi connectivity index (χ4n) is 2.54. The highest BCUT2D eigenvalue weighted by Crippen LogP contribution is 2.23. The second-order valence-corrected chi connectivity index (χ2v) is 6.30. The number of nitrogens with one attached hydrogen (secondary N) is 2. The number of hydrogen-bond acceptors (Lipinski definition) is 4. The predicted octanol–water partition coefficient (Wildman–Crippen LogP) is 3.06. The zero-order chi connectivity index (χ0) is 16.4. The summed E-state index contributed by atoms with van der Waals surface area (Å²) in [6.45, 7) is 4.00. The Morgan fingerprint density at radius 2 is 2.26 bits per heavy atom. The number of rotatable bonds is 5. The van der Waals surface area contributed by atoms with E-state index >= 15 is 0 Å². The first-order chi connectivity index (χ1) is 11.0. The van der Waals surface area contributed by atoms with Gasteiger partial charge >= 0.3 is 0 Å². The van der Waals surface area contributed by atoms with Crippen molar-refractivity contribution in [3.63, 3.8) is 0 Å². The minimum atomic E-state index is -0.0277. The Morgan fingerprint density at radius 3 is 2.91 bits per heavy atom. The fraction of sp³-hybridized carbons (Fsp3) is 0.312. The summed E-state index contributed by atoms with van der Waals surface area (Å²) in [4.78, 5) is 19.7. The number of nitrogens with zero attached hydrogens (tertiary/aromatic N) is 3. The van der Waals surface area contributed by atoms with Gasteiger partial charge in [-0.15, -0.1) is 11.3 Å². The van der Waals surface area contributed by atoms with Crippen LogP contribution in [0.1, 0.15) is 23.4 Å². The molecule has 0 fully saturated rings. The second kappa shape index (κ2) is 6.37. The Kier molecular flexibility index (Phi) is 4.29. The van der Waals surface area contributed by atoms with Crippen LogP contribution < -0.4 is 5.32 Å². The third-order valence-electron chi connectivity index (χ3n) is 3.89. The quantitative estimate of drug-likeness (QED) is 0.755. The molecule has 1 amide bonds. The highest BCUT2D eigenvalue weighted by molar-refractivity contribution is 7.14. The Morgan fingerprint density at radius 1 is 1.43 bits per heavy atom. The molecule has 6 nitrogen and oxygen atoms in total. The number of anilines is 1. The van der Waals surface area contributed by atoms with Crippen LogP contribution in [0.15, 0.2) is 23.7 Å². The molecule has 0 unspecified atom stereocenters. The average Bonchev–Trinajstić information content (AvgIpc) is 3.21. The molecule has 2 N–H and O–H groups in total. The van der Waals surface area contributed by atoms with Crippen molar-refractivity contribution in [1.29, 1.82) is 0 Å². The smallest absolute Gasteiger partial charge is 0.226 e. The summed E-state index contributed by atoms with van der Waals surface area (Å²) in [5.41, 5.74) is 5.03. The first-order valence-corrected chi connectivity index (χ1v) is 8.31. The van der Waals surface area contributed by atoms with Crippen LogP contribution in [0.4, 0.5) is 5.13 Å². The van der Waals surface area contributed by atoms with Crippen molar-refractivity contribution >= 4 is 22.4 Å². The number of carbonyl (C=O) groups excluding carboxylic acids is 1. The maximum atomic E-state index is 12.1. The largest absolute Gasteiger partial charge is 0.360 e. The molecule has 0 atom stereocenters. The van der Waals surface area contributed by atoms with Gasteiger partial charge in [-0.05, 0) is 38.0 Å². The molecule has 7 heteroatoms. The van der Waals surface area contributed by atoms with Gasteiger partial charge in [0.25, 0.3) is 0 Å². The summed E-state index contributed by atoms with van der Waals surface area (Å²) >= 11 is 1.43. The molecule has 0 aliphatic rings. The van der Waals surface area contributed by atoms with Gasteiger partial charge in [0.15, 0.2) is 5.13 Å². The lowest BCUT2D eigenvalue weighted by Crippen LogP contribution is -2.12.